The van der Waals surface area contributed by atoms with Crippen molar-refractivity contribution in [3.63, 3.8) is 0 Å². The van der Waals surface area contributed by atoms with Crippen molar-refractivity contribution in [1.82, 2.24) is 0 Å². The van der Waals surface area contributed by atoms with Gasteiger partial charge in [-0.2, -0.15) is 0 Å². The van der Waals surface area contributed by atoms with Gasteiger partial charge in [0, 0.05) is 12.5 Å². The Labute approximate surface area is 95.4 Å². The summed E-state index contributed by atoms with van der Waals surface area (Å²) in [5.74, 6) is -0.122. The van der Waals surface area contributed by atoms with E-state index in [0.29, 0.717) is 17.7 Å². The SMILES string of the molecule is COc1cc(F)ccc1C(=O)CC(C)(C)C. The summed E-state index contributed by atoms with van der Waals surface area (Å²) in [6, 6.07) is 3.98. The fourth-order valence-electron chi connectivity index (χ4n) is 1.47. The number of benzene rings is 1. The third-order valence-corrected chi connectivity index (χ3v) is 2.15. The summed E-state index contributed by atoms with van der Waals surface area (Å²) in [5, 5.41) is 0. The first-order valence-corrected chi connectivity index (χ1v) is 5.20. The second kappa shape index (κ2) is 4.64. The van der Waals surface area contributed by atoms with Gasteiger partial charge < -0.3 is 4.74 Å². The van der Waals surface area contributed by atoms with E-state index < -0.39 is 5.82 Å². The van der Waals surface area contributed by atoms with E-state index in [4.69, 9.17) is 4.74 Å². The molecular formula is C13H17FO2. The molecule has 88 valence electrons. The molecule has 0 aliphatic rings. The van der Waals surface area contributed by atoms with Crippen molar-refractivity contribution < 1.29 is 13.9 Å². The minimum Gasteiger partial charge on any atom is -0.496 e. The van der Waals surface area contributed by atoms with Crippen molar-refractivity contribution >= 4 is 5.78 Å². The van der Waals surface area contributed by atoms with Gasteiger partial charge in [0.25, 0.3) is 0 Å². The Balaban J connectivity index is 2.99. The van der Waals surface area contributed by atoms with Crippen LogP contribution in [0.5, 0.6) is 5.75 Å². The molecule has 0 saturated heterocycles. The van der Waals surface area contributed by atoms with E-state index in [9.17, 15) is 9.18 Å². The predicted octanol–water partition coefficient (Wildman–Crippen LogP) is 3.45. The van der Waals surface area contributed by atoms with Crippen LogP contribution in [-0.2, 0) is 0 Å². The number of ketones is 1. The summed E-state index contributed by atoms with van der Waals surface area (Å²) in [5.41, 5.74) is 0.357. The number of carbonyl (C=O) groups excluding carboxylic acids is 1. The van der Waals surface area contributed by atoms with Gasteiger partial charge in [0.05, 0.1) is 12.7 Å². The lowest BCUT2D eigenvalue weighted by molar-refractivity contribution is 0.0937. The summed E-state index contributed by atoms with van der Waals surface area (Å²) in [7, 11) is 1.43. The van der Waals surface area contributed by atoms with Crippen molar-refractivity contribution in [3.05, 3.63) is 29.6 Å². The molecule has 1 rings (SSSR count). The number of ether oxygens (including phenoxy) is 1. The van der Waals surface area contributed by atoms with Crippen molar-refractivity contribution in [2.24, 2.45) is 5.41 Å². The molecule has 0 spiro atoms. The molecular weight excluding hydrogens is 207 g/mol. The largest absolute Gasteiger partial charge is 0.496 e. The van der Waals surface area contributed by atoms with Crippen LogP contribution < -0.4 is 4.74 Å². The Morgan fingerprint density at radius 1 is 1.38 bits per heavy atom. The highest BCUT2D eigenvalue weighted by Gasteiger charge is 2.20. The predicted molar refractivity (Wildman–Crippen MR) is 61.4 cm³/mol. The molecule has 0 atom stereocenters. The monoisotopic (exact) mass is 224 g/mol. The molecule has 0 fully saturated rings. The number of hydrogen-bond donors (Lipinski definition) is 0. The third-order valence-electron chi connectivity index (χ3n) is 2.15. The van der Waals surface area contributed by atoms with Gasteiger partial charge in [-0.3, -0.25) is 4.79 Å². The lowest BCUT2D eigenvalue weighted by Crippen LogP contribution is -2.13. The fraction of sp³-hybridized carbons (Fsp3) is 0.462. The van der Waals surface area contributed by atoms with Gasteiger partial charge in [-0.25, -0.2) is 4.39 Å². The van der Waals surface area contributed by atoms with Gasteiger partial charge in [0.1, 0.15) is 11.6 Å². The Morgan fingerprint density at radius 2 is 2.00 bits per heavy atom. The summed E-state index contributed by atoms with van der Waals surface area (Å²) < 4.78 is 17.9. The van der Waals surface area contributed by atoms with Crippen LogP contribution in [0.1, 0.15) is 37.6 Å². The number of hydrogen-bond acceptors (Lipinski definition) is 2. The first kappa shape index (κ1) is 12.7. The Kier molecular flexibility index (Phi) is 3.68. The highest BCUT2D eigenvalue weighted by atomic mass is 19.1. The van der Waals surface area contributed by atoms with Crippen molar-refractivity contribution in [2.75, 3.05) is 7.11 Å². The van der Waals surface area contributed by atoms with Crippen LogP contribution in [0.25, 0.3) is 0 Å². The van der Waals surface area contributed by atoms with Gasteiger partial charge in [0.15, 0.2) is 5.78 Å². The average Bonchev–Trinajstić information content (AvgIpc) is 2.14. The van der Waals surface area contributed by atoms with E-state index in [1.54, 1.807) is 0 Å². The normalized spacial score (nSPS) is 11.3. The van der Waals surface area contributed by atoms with Crippen molar-refractivity contribution in [3.8, 4) is 5.75 Å². The first-order chi connectivity index (χ1) is 7.33. The van der Waals surface area contributed by atoms with Crippen molar-refractivity contribution in [1.29, 1.82) is 0 Å². The number of methoxy groups -OCH3 is 1. The van der Waals surface area contributed by atoms with Gasteiger partial charge in [-0.1, -0.05) is 20.8 Å². The van der Waals surface area contributed by atoms with Gasteiger partial charge >= 0.3 is 0 Å². The van der Waals surface area contributed by atoms with Crippen LogP contribution in [0.3, 0.4) is 0 Å². The van der Waals surface area contributed by atoms with E-state index in [0.717, 1.165) is 0 Å². The number of carbonyl (C=O) groups is 1. The standard InChI is InChI=1S/C13H17FO2/c1-13(2,3)8-11(15)10-6-5-9(14)7-12(10)16-4/h5-7H,8H2,1-4H3. The molecule has 0 N–H and O–H groups in total. The minimum absolute atomic E-state index is 0.0237. The summed E-state index contributed by atoms with van der Waals surface area (Å²) in [6.07, 6.45) is 0.412. The molecule has 0 aliphatic heterocycles. The molecule has 0 heterocycles. The smallest absolute Gasteiger partial charge is 0.167 e. The minimum atomic E-state index is -0.399. The molecule has 16 heavy (non-hydrogen) atoms. The first-order valence-electron chi connectivity index (χ1n) is 5.20. The lowest BCUT2D eigenvalue weighted by Gasteiger charge is -2.17. The average molecular weight is 224 g/mol. The molecule has 0 aromatic heterocycles. The van der Waals surface area contributed by atoms with E-state index in [1.807, 2.05) is 20.8 Å². The van der Waals surface area contributed by atoms with Crippen LogP contribution in [0, 0.1) is 11.2 Å². The second-order valence-electron chi connectivity index (χ2n) is 5.01. The second-order valence-corrected chi connectivity index (χ2v) is 5.01. The molecule has 3 heteroatoms. The maximum Gasteiger partial charge on any atom is 0.167 e. The van der Waals surface area contributed by atoms with Gasteiger partial charge in [0.2, 0.25) is 0 Å². The maximum atomic E-state index is 12.9. The quantitative estimate of drug-likeness (QED) is 0.735. The highest BCUT2D eigenvalue weighted by molar-refractivity contribution is 5.99. The van der Waals surface area contributed by atoms with Crippen LogP contribution in [0.15, 0.2) is 18.2 Å². The molecule has 0 amide bonds. The molecule has 0 bridgehead atoms. The number of halogens is 1. The molecule has 0 radical (unpaired) electrons. The van der Waals surface area contributed by atoms with E-state index in [1.165, 1.54) is 25.3 Å². The van der Waals surface area contributed by atoms with Crippen LogP contribution >= 0.6 is 0 Å². The van der Waals surface area contributed by atoms with Crippen LogP contribution in [0.2, 0.25) is 0 Å². The topological polar surface area (TPSA) is 26.3 Å². The molecule has 2 nitrogen and oxygen atoms in total. The number of rotatable bonds is 3. The molecule has 1 aromatic rings. The lowest BCUT2D eigenvalue weighted by atomic mass is 9.87. The Hall–Kier alpha value is -1.38. The maximum absolute atomic E-state index is 12.9. The zero-order chi connectivity index (χ0) is 12.3. The molecule has 0 aliphatic carbocycles. The van der Waals surface area contributed by atoms with Crippen LogP contribution in [0.4, 0.5) is 4.39 Å². The van der Waals surface area contributed by atoms with Crippen LogP contribution in [-0.4, -0.2) is 12.9 Å². The molecule has 0 unspecified atom stereocenters. The highest BCUT2D eigenvalue weighted by Crippen LogP contribution is 2.26. The molecule has 0 saturated carbocycles. The summed E-state index contributed by atoms with van der Waals surface area (Å²) in [6.45, 7) is 5.96. The zero-order valence-corrected chi connectivity index (χ0v) is 10.1. The zero-order valence-electron chi connectivity index (χ0n) is 10.1. The summed E-state index contributed by atoms with van der Waals surface area (Å²) in [4.78, 5) is 11.9. The van der Waals surface area contributed by atoms with E-state index in [2.05, 4.69) is 0 Å². The number of Topliss-reactive ketones (excluding diaryl/α,β-unsaturated/α-hetero) is 1. The summed E-state index contributed by atoms with van der Waals surface area (Å²) >= 11 is 0. The Bertz CT molecular complexity index is 391. The van der Waals surface area contributed by atoms with E-state index in [-0.39, 0.29) is 11.2 Å². The van der Waals surface area contributed by atoms with Gasteiger partial charge in [-0.05, 0) is 17.5 Å². The van der Waals surface area contributed by atoms with Crippen molar-refractivity contribution in [2.45, 2.75) is 27.2 Å². The third kappa shape index (κ3) is 3.33. The van der Waals surface area contributed by atoms with Gasteiger partial charge in [-0.15, -0.1) is 0 Å². The molecule has 1 aromatic carbocycles. The Morgan fingerprint density at radius 3 is 2.50 bits per heavy atom. The fourth-order valence-corrected chi connectivity index (χ4v) is 1.47. The van der Waals surface area contributed by atoms with E-state index >= 15 is 0 Å².